The van der Waals surface area contributed by atoms with Gasteiger partial charge in [0.05, 0.1) is 0 Å². The Bertz CT molecular complexity index is 152. The fourth-order valence-electron chi connectivity index (χ4n) is 0.287. The first-order valence-electron chi connectivity index (χ1n) is 2.99. The minimum atomic E-state index is 0.983. The summed E-state index contributed by atoms with van der Waals surface area (Å²) in [6.45, 7) is 9.53. The molecule has 1 nitrogen and oxygen atoms in total. The van der Waals surface area contributed by atoms with Crippen LogP contribution in [0.4, 0.5) is 0 Å². The first-order valence-corrected chi connectivity index (χ1v) is 2.99. The Hall–Kier alpha value is -0.850. The van der Waals surface area contributed by atoms with Crippen LogP contribution in [0.5, 0.6) is 0 Å². The number of hydrogen-bond donors (Lipinski definition) is 0. The van der Waals surface area contributed by atoms with Gasteiger partial charge in [-0.05, 0) is 26.3 Å². The zero-order valence-corrected chi connectivity index (χ0v) is 6.31. The molecule has 0 rings (SSSR count). The van der Waals surface area contributed by atoms with Gasteiger partial charge in [0, 0.05) is 11.9 Å². The Morgan fingerprint density at radius 3 is 2.33 bits per heavy atom. The van der Waals surface area contributed by atoms with Crippen LogP contribution in [0.1, 0.15) is 20.8 Å². The minimum Gasteiger partial charge on any atom is -0.262 e. The van der Waals surface area contributed by atoms with Gasteiger partial charge in [-0.2, -0.15) is 0 Å². The Morgan fingerprint density at radius 1 is 1.44 bits per heavy atom. The summed E-state index contributed by atoms with van der Waals surface area (Å²) >= 11 is 0. The van der Waals surface area contributed by atoms with E-state index in [0.29, 0.717) is 0 Å². The fourth-order valence-corrected chi connectivity index (χ4v) is 0.287. The van der Waals surface area contributed by atoms with Gasteiger partial charge in [-0.3, -0.25) is 4.99 Å². The second kappa shape index (κ2) is 4.07. The van der Waals surface area contributed by atoms with Gasteiger partial charge in [0.25, 0.3) is 0 Å². The smallest absolute Gasteiger partial charge is 0.0330 e. The Morgan fingerprint density at radius 2 is 2.00 bits per heavy atom. The number of nitrogens with zero attached hydrogens (tertiary/aromatic N) is 1. The maximum atomic E-state index is 4.08. The van der Waals surface area contributed by atoms with Crippen molar-refractivity contribution in [3.63, 3.8) is 0 Å². The molecule has 0 aliphatic rings. The maximum Gasteiger partial charge on any atom is 0.0330 e. The summed E-state index contributed by atoms with van der Waals surface area (Å²) in [6.07, 6.45) is 3.72. The SMILES string of the molecule is C=C(C)C=N/C(C)=C\C. The topological polar surface area (TPSA) is 12.4 Å². The molecule has 0 saturated carbocycles. The van der Waals surface area contributed by atoms with E-state index < -0.39 is 0 Å². The molecule has 0 heterocycles. The molecule has 0 aliphatic heterocycles. The summed E-state index contributed by atoms with van der Waals surface area (Å²) < 4.78 is 0. The van der Waals surface area contributed by atoms with Crippen molar-refractivity contribution in [1.29, 1.82) is 0 Å². The van der Waals surface area contributed by atoms with Crippen LogP contribution in [0.25, 0.3) is 0 Å². The monoisotopic (exact) mass is 123 g/mol. The quantitative estimate of drug-likeness (QED) is 0.500. The van der Waals surface area contributed by atoms with E-state index in [4.69, 9.17) is 0 Å². The van der Waals surface area contributed by atoms with Gasteiger partial charge in [0.1, 0.15) is 0 Å². The molecular formula is C8H13N. The summed E-state index contributed by atoms with van der Waals surface area (Å²) in [6, 6.07) is 0. The standard InChI is InChI=1S/C8H13N/c1-5-8(4)9-6-7(2)3/h5-6H,2H2,1,3-4H3/b8-5-,9-6?. The van der Waals surface area contributed by atoms with E-state index >= 15 is 0 Å². The molecule has 0 atom stereocenters. The van der Waals surface area contributed by atoms with Gasteiger partial charge in [0.2, 0.25) is 0 Å². The third-order valence-corrected chi connectivity index (χ3v) is 0.906. The number of rotatable bonds is 2. The van der Waals surface area contributed by atoms with Gasteiger partial charge >= 0.3 is 0 Å². The third kappa shape index (κ3) is 5.01. The predicted molar refractivity (Wildman–Crippen MR) is 42.7 cm³/mol. The molecule has 0 unspecified atom stereocenters. The van der Waals surface area contributed by atoms with Crippen molar-refractivity contribution >= 4 is 6.21 Å². The van der Waals surface area contributed by atoms with E-state index in [1.54, 1.807) is 6.21 Å². The molecule has 1 heteroatoms. The van der Waals surface area contributed by atoms with Crippen molar-refractivity contribution in [2.24, 2.45) is 4.99 Å². The van der Waals surface area contributed by atoms with E-state index in [-0.39, 0.29) is 0 Å². The van der Waals surface area contributed by atoms with Crippen molar-refractivity contribution in [3.05, 3.63) is 23.9 Å². The van der Waals surface area contributed by atoms with Gasteiger partial charge in [-0.1, -0.05) is 12.7 Å². The molecule has 0 aromatic rings. The molecule has 0 fully saturated rings. The molecule has 9 heavy (non-hydrogen) atoms. The minimum absolute atomic E-state index is 0.983. The second-order valence-corrected chi connectivity index (χ2v) is 2.03. The van der Waals surface area contributed by atoms with Crippen molar-refractivity contribution in [3.8, 4) is 0 Å². The highest BCUT2D eigenvalue weighted by atomic mass is 14.7. The average molecular weight is 123 g/mol. The summed E-state index contributed by atoms with van der Waals surface area (Å²) in [7, 11) is 0. The van der Waals surface area contributed by atoms with Crippen LogP contribution >= 0.6 is 0 Å². The van der Waals surface area contributed by atoms with Crippen LogP contribution in [0.3, 0.4) is 0 Å². The van der Waals surface area contributed by atoms with Crippen LogP contribution in [0, 0.1) is 0 Å². The van der Waals surface area contributed by atoms with Crippen LogP contribution in [-0.4, -0.2) is 6.21 Å². The first kappa shape index (κ1) is 8.15. The lowest BCUT2D eigenvalue weighted by Gasteiger charge is -1.87. The molecule has 0 aromatic heterocycles. The summed E-state index contributed by atoms with van der Waals surface area (Å²) in [4.78, 5) is 4.08. The van der Waals surface area contributed by atoms with Crippen molar-refractivity contribution in [2.75, 3.05) is 0 Å². The highest BCUT2D eigenvalue weighted by Gasteiger charge is 1.76. The Balaban J connectivity index is 3.86. The fraction of sp³-hybridized carbons (Fsp3) is 0.375. The lowest BCUT2D eigenvalue weighted by Crippen LogP contribution is -1.74. The zero-order valence-electron chi connectivity index (χ0n) is 6.31. The van der Waals surface area contributed by atoms with Crippen LogP contribution in [0.15, 0.2) is 28.9 Å². The molecule has 0 spiro atoms. The average Bonchev–Trinajstić information content (AvgIpc) is 1.83. The normalized spacial score (nSPS) is 12.6. The lowest BCUT2D eigenvalue weighted by atomic mass is 10.4. The number of hydrogen-bond acceptors (Lipinski definition) is 1. The van der Waals surface area contributed by atoms with Gasteiger partial charge in [0.15, 0.2) is 0 Å². The summed E-state index contributed by atoms with van der Waals surface area (Å²) in [5, 5.41) is 0. The molecule has 0 bridgehead atoms. The molecular weight excluding hydrogens is 110 g/mol. The molecule has 50 valence electrons. The molecule has 0 saturated heterocycles. The number of allylic oxidation sites excluding steroid dienone is 3. The van der Waals surface area contributed by atoms with Gasteiger partial charge in [-0.15, -0.1) is 0 Å². The summed E-state index contributed by atoms with van der Waals surface area (Å²) in [5.41, 5.74) is 2.01. The van der Waals surface area contributed by atoms with Crippen molar-refractivity contribution < 1.29 is 0 Å². The van der Waals surface area contributed by atoms with E-state index in [9.17, 15) is 0 Å². The molecule has 0 amide bonds. The van der Waals surface area contributed by atoms with Crippen LogP contribution < -0.4 is 0 Å². The summed E-state index contributed by atoms with van der Waals surface area (Å²) in [5.74, 6) is 0. The highest BCUT2D eigenvalue weighted by molar-refractivity contribution is 5.77. The largest absolute Gasteiger partial charge is 0.262 e. The molecule has 0 aliphatic carbocycles. The molecule has 0 aromatic carbocycles. The second-order valence-electron chi connectivity index (χ2n) is 2.03. The van der Waals surface area contributed by atoms with E-state index in [1.807, 2.05) is 26.8 Å². The van der Waals surface area contributed by atoms with Gasteiger partial charge in [-0.25, -0.2) is 0 Å². The van der Waals surface area contributed by atoms with E-state index in [2.05, 4.69) is 11.6 Å². The molecule has 0 radical (unpaired) electrons. The molecule has 0 N–H and O–H groups in total. The van der Waals surface area contributed by atoms with Crippen molar-refractivity contribution in [1.82, 2.24) is 0 Å². The Kier molecular flexibility index (Phi) is 3.69. The highest BCUT2D eigenvalue weighted by Crippen LogP contribution is 1.92. The first-order chi connectivity index (χ1) is 4.16. The Labute approximate surface area is 56.8 Å². The van der Waals surface area contributed by atoms with Crippen molar-refractivity contribution in [2.45, 2.75) is 20.8 Å². The zero-order chi connectivity index (χ0) is 7.28. The van der Waals surface area contributed by atoms with E-state index in [0.717, 1.165) is 11.3 Å². The third-order valence-electron chi connectivity index (χ3n) is 0.906. The number of aliphatic imine (C=N–C) groups is 1. The van der Waals surface area contributed by atoms with Crippen LogP contribution in [-0.2, 0) is 0 Å². The maximum absolute atomic E-state index is 4.08. The van der Waals surface area contributed by atoms with Gasteiger partial charge < -0.3 is 0 Å². The predicted octanol–water partition coefficient (Wildman–Crippen LogP) is 2.56. The lowest BCUT2D eigenvalue weighted by molar-refractivity contribution is 1.29. The van der Waals surface area contributed by atoms with Crippen LogP contribution in [0.2, 0.25) is 0 Å². The van der Waals surface area contributed by atoms with E-state index in [1.165, 1.54) is 0 Å².